The molecule has 0 radical (unpaired) electrons. The van der Waals surface area contributed by atoms with E-state index in [1.165, 1.54) is 4.88 Å². The van der Waals surface area contributed by atoms with E-state index in [4.69, 9.17) is 0 Å². The Bertz CT molecular complexity index is 1380. The number of benzene rings is 1. The highest BCUT2D eigenvalue weighted by atomic mass is 32.1. The molecule has 0 spiro atoms. The number of nitrogens with zero attached hydrogens (tertiary/aromatic N) is 7. The molecule has 3 unspecified atom stereocenters. The molecule has 2 aliphatic rings. The lowest BCUT2D eigenvalue weighted by molar-refractivity contribution is -0.138. The molecule has 1 aromatic carbocycles. The van der Waals surface area contributed by atoms with Gasteiger partial charge in [-0.2, -0.15) is 0 Å². The lowest BCUT2D eigenvalue weighted by Crippen LogP contribution is -2.55. The summed E-state index contributed by atoms with van der Waals surface area (Å²) in [5.41, 5.74) is 2.01. The third-order valence-corrected chi connectivity index (χ3v) is 9.09. The average molecular weight is 504 g/mol. The Kier molecular flexibility index (Phi) is 6.33. The van der Waals surface area contributed by atoms with Gasteiger partial charge in [-0.15, -0.1) is 16.4 Å². The zero-order valence-corrected chi connectivity index (χ0v) is 21.8. The molecule has 9 heteroatoms. The maximum absolute atomic E-state index is 13.6. The normalized spacial score (nSPS) is 23.0. The minimum absolute atomic E-state index is 0.104. The van der Waals surface area contributed by atoms with Crippen LogP contribution in [0.25, 0.3) is 21.3 Å². The Morgan fingerprint density at radius 1 is 1.17 bits per heavy atom. The van der Waals surface area contributed by atoms with Gasteiger partial charge in [0.1, 0.15) is 22.5 Å². The van der Waals surface area contributed by atoms with Crippen LogP contribution in [-0.4, -0.2) is 61.4 Å². The topological polar surface area (TPSA) is 80.0 Å². The summed E-state index contributed by atoms with van der Waals surface area (Å²) in [6, 6.07) is 10.6. The van der Waals surface area contributed by atoms with Crippen molar-refractivity contribution in [3.05, 3.63) is 41.5 Å². The van der Waals surface area contributed by atoms with Crippen molar-refractivity contribution in [1.29, 1.82) is 0 Å². The van der Waals surface area contributed by atoms with Crippen molar-refractivity contribution in [1.82, 2.24) is 29.9 Å². The first-order valence-electron chi connectivity index (χ1n) is 13.2. The van der Waals surface area contributed by atoms with Gasteiger partial charge in [-0.25, -0.2) is 14.6 Å². The van der Waals surface area contributed by atoms with E-state index < -0.39 is 0 Å². The molecule has 1 saturated carbocycles. The maximum atomic E-state index is 13.6. The van der Waals surface area contributed by atoms with E-state index in [0.29, 0.717) is 11.8 Å². The number of aryl methyl sites for hydroxylation is 1. The molecule has 4 heterocycles. The van der Waals surface area contributed by atoms with Crippen LogP contribution in [-0.2, 0) is 17.8 Å². The Labute approximate surface area is 215 Å². The Hall–Kier alpha value is -3.07. The number of anilines is 1. The number of fused-ring (bicyclic) bond motifs is 2. The number of hydrogen-bond donors (Lipinski definition) is 0. The molecule has 1 amide bonds. The predicted molar refractivity (Wildman–Crippen MR) is 143 cm³/mol. The monoisotopic (exact) mass is 503 g/mol. The molecular weight excluding hydrogens is 470 g/mol. The van der Waals surface area contributed by atoms with Gasteiger partial charge >= 0.3 is 0 Å². The molecule has 2 fully saturated rings. The van der Waals surface area contributed by atoms with Crippen LogP contribution < -0.4 is 4.90 Å². The van der Waals surface area contributed by atoms with Crippen LogP contribution in [0.2, 0.25) is 0 Å². The molecule has 3 atom stereocenters. The van der Waals surface area contributed by atoms with E-state index in [0.717, 1.165) is 85.4 Å². The zero-order valence-electron chi connectivity index (χ0n) is 21.0. The van der Waals surface area contributed by atoms with Crippen molar-refractivity contribution in [3.63, 3.8) is 0 Å². The van der Waals surface area contributed by atoms with Gasteiger partial charge in [0.05, 0.1) is 10.9 Å². The summed E-state index contributed by atoms with van der Waals surface area (Å²) in [5.74, 6) is 1.89. The van der Waals surface area contributed by atoms with Gasteiger partial charge in [-0.1, -0.05) is 30.7 Å². The highest BCUT2D eigenvalue weighted by Gasteiger charge is 2.35. The van der Waals surface area contributed by atoms with Crippen LogP contribution in [0.4, 0.5) is 5.82 Å². The molecule has 188 valence electrons. The molecular formula is C27H33N7OS. The first-order chi connectivity index (χ1) is 17.6. The van der Waals surface area contributed by atoms with E-state index in [9.17, 15) is 4.79 Å². The van der Waals surface area contributed by atoms with E-state index >= 15 is 0 Å². The standard InChI is InChI=1S/C27H33N7OS/c1-3-21-14-22-25(28-17-29-26(22)36-21)33-12-11-32(15-18(33)2)27(35)20-8-6-7-19(13-20)16-34-24-10-5-4-9-23(24)30-31-34/h4-5,9-10,14,17-20H,3,6-8,11-13,15-16H2,1-2H3. The van der Waals surface area contributed by atoms with Crippen LogP contribution >= 0.6 is 11.3 Å². The van der Waals surface area contributed by atoms with Gasteiger partial charge in [0, 0.05) is 43.0 Å². The van der Waals surface area contributed by atoms with Gasteiger partial charge in [0.15, 0.2) is 0 Å². The summed E-state index contributed by atoms with van der Waals surface area (Å²) in [7, 11) is 0. The first-order valence-corrected chi connectivity index (χ1v) is 14.0. The second-order valence-corrected chi connectivity index (χ2v) is 11.4. The van der Waals surface area contributed by atoms with E-state index in [1.54, 1.807) is 17.7 Å². The van der Waals surface area contributed by atoms with Crippen molar-refractivity contribution in [3.8, 4) is 0 Å². The molecule has 3 aromatic heterocycles. The molecule has 1 aliphatic heterocycles. The summed E-state index contributed by atoms with van der Waals surface area (Å²) in [6.07, 6.45) is 6.85. The Morgan fingerprint density at radius 2 is 2.06 bits per heavy atom. The third-order valence-electron chi connectivity index (χ3n) is 7.90. The molecule has 0 N–H and O–H groups in total. The van der Waals surface area contributed by atoms with Crippen molar-refractivity contribution in [2.45, 2.75) is 58.5 Å². The van der Waals surface area contributed by atoms with Crippen LogP contribution in [0.1, 0.15) is 44.4 Å². The lowest BCUT2D eigenvalue weighted by Gasteiger charge is -2.42. The van der Waals surface area contributed by atoms with Gasteiger partial charge in [0.25, 0.3) is 0 Å². The Balaban J connectivity index is 1.11. The molecule has 8 nitrogen and oxygen atoms in total. The minimum Gasteiger partial charge on any atom is -0.350 e. The summed E-state index contributed by atoms with van der Waals surface area (Å²) in [4.78, 5) is 29.6. The maximum Gasteiger partial charge on any atom is 0.225 e. The Morgan fingerprint density at radius 3 is 2.92 bits per heavy atom. The number of thiophene rings is 1. The number of para-hydroxylation sites is 1. The molecule has 1 aliphatic carbocycles. The van der Waals surface area contributed by atoms with Gasteiger partial charge in [0.2, 0.25) is 5.91 Å². The number of carbonyl (C=O) groups excluding carboxylic acids is 1. The number of aromatic nitrogens is 5. The largest absolute Gasteiger partial charge is 0.350 e. The number of amides is 1. The van der Waals surface area contributed by atoms with Gasteiger partial charge in [-0.3, -0.25) is 4.79 Å². The molecule has 1 saturated heterocycles. The van der Waals surface area contributed by atoms with Crippen LogP contribution in [0.15, 0.2) is 36.7 Å². The SMILES string of the molecule is CCc1cc2c(N3CCN(C(=O)C4CCCC(Cn5nnc6ccccc65)C4)CC3C)ncnc2s1. The number of rotatable bonds is 5. The van der Waals surface area contributed by atoms with Gasteiger partial charge < -0.3 is 9.80 Å². The zero-order chi connectivity index (χ0) is 24.6. The van der Waals surface area contributed by atoms with Crippen LogP contribution in [0.3, 0.4) is 0 Å². The smallest absolute Gasteiger partial charge is 0.225 e. The summed E-state index contributed by atoms with van der Waals surface area (Å²) < 4.78 is 2.02. The molecule has 0 bridgehead atoms. The van der Waals surface area contributed by atoms with Crippen molar-refractivity contribution in [2.75, 3.05) is 24.5 Å². The fraction of sp³-hybridized carbons (Fsp3) is 0.519. The second-order valence-electron chi connectivity index (χ2n) is 10.3. The number of piperazine rings is 1. The first kappa shape index (κ1) is 23.3. The quantitative estimate of drug-likeness (QED) is 0.398. The highest BCUT2D eigenvalue weighted by Crippen LogP contribution is 2.34. The fourth-order valence-corrected chi connectivity index (χ4v) is 6.93. The summed E-state index contributed by atoms with van der Waals surface area (Å²) >= 11 is 1.75. The number of carbonyl (C=O) groups is 1. The molecule has 36 heavy (non-hydrogen) atoms. The lowest BCUT2D eigenvalue weighted by atomic mass is 9.80. The van der Waals surface area contributed by atoms with E-state index in [2.05, 4.69) is 56.1 Å². The molecule has 4 aromatic rings. The fourth-order valence-electron chi connectivity index (χ4n) is 6.00. The second kappa shape index (κ2) is 9.76. The molecule has 6 rings (SSSR count). The summed E-state index contributed by atoms with van der Waals surface area (Å²) in [6.45, 7) is 7.50. The number of hydrogen-bond acceptors (Lipinski definition) is 7. The third kappa shape index (κ3) is 4.34. The highest BCUT2D eigenvalue weighted by molar-refractivity contribution is 7.18. The van der Waals surface area contributed by atoms with Crippen LogP contribution in [0, 0.1) is 11.8 Å². The van der Waals surface area contributed by atoms with E-state index in [-0.39, 0.29) is 12.0 Å². The minimum atomic E-state index is 0.104. The van der Waals surface area contributed by atoms with Crippen molar-refractivity contribution in [2.24, 2.45) is 11.8 Å². The summed E-state index contributed by atoms with van der Waals surface area (Å²) in [5, 5.41) is 9.82. The van der Waals surface area contributed by atoms with Crippen LogP contribution in [0.5, 0.6) is 0 Å². The van der Waals surface area contributed by atoms with Crippen molar-refractivity contribution >= 4 is 44.3 Å². The average Bonchev–Trinajstić information content (AvgIpc) is 3.52. The van der Waals surface area contributed by atoms with Gasteiger partial charge in [-0.05, 0) is 56.7 Å². The van der Waals surface area contributed by atoms with Crippen molar-refractivity contribution < 1.29 is 4.79 Å². The van der Waals surface area contributed by atoms with E-state index in [1.807, 2.05) is 22.9 Å². The predicted octanol–water partition coefficient (Wildman–Crippen LogP) is 4.54.